The molecule has 0 fully saturated rings. The van der Waals surface area contributed by atoms with Crippen molar-refractivity contribution in [1.82, 2.24) is 31.3 Å². The summed E-state index contributed by atoms with van der Waals surface area (Å²) < 4.78 is 0. The van der Waals surface area contributed by atoms with E-state index < -0.39 is 24.6 Å². The SMILES string of the molecule is CC(NC(=O)NCC(=O)O)c1nn[nH]n1. The first-order valence-corrected chi connectivity index (χ1v) is 4.09. The molecule has 82 valence electrons. The van der Waals surface area contributed by atoms with Gasteiger partial charge in [-0.3, -0.25) is 4.79 Å². The van der Waals surface area contributed by atoms with Crippen LogP contribution in [0.2, 0.25) is 0 Å². The van der Waals surface area contributed by atoms with Gasteiger partial charge in [-0.15, -0.1) is 10.2 Å². The summed E-state index contributed by atoms with van der Waals surface area (Å²) in [6.45, 7) is 1.20. The van der Waals surface area contributed by atoms with Crippen molar-refractivity contribution in [1.29, 1.82) is 0 Å². The lowest BCUT2D eigenvalue weighted by Gasteiger charge is -2.09. The number of rotatable bonds is 4. The van der Waals surface area contributed by atoms with Crippen LogP contribution in [0.1, 0.15) is 18.8 Å². The maximum atomic E-state index is 11.1. The van der Waals surface area contributed by atoms with Gasteiger partial charge >= 0.3 is 12.0 Å². The Kier molecular flexibility index (Phi) is 3.55. The van der Waals surface area contributed by atoms with Crippen LogP contribution in [0, 0.1) is 0 Å². The second-order valence-electron chi connectivity index (χ2n) is 2.71. The molecule has 0 aliphatic rings. The summed E-state index contributed by atoms with van der Waals surface area (Å²) in [7, 11) is 0. The van der Waals surface area contributed by atoms with Gasteiger partial charge in [-0.1, -0.05) is 5.21 Å². The number of aromatic amines is 1. The number of nitrogens with zero attached hydrogens (tertiary/aromatic N) is 3. The van der Waals surface area contributed by atoms with Crippen molar-refractivity contribution in [3.63, 3.8) is 0 Å². The number of tetrazole rings is 1. The fourth-order valence-electron chi connectivity index (χ4n) is 0.821. The molecule has 1 atom stereocenters. The van der Waals surface area contributed by atoms with E-state index in [1.165, 1.54) is 0 Å². The normalized spacial score (nSPS) is 11.8. The first-order valence-electron chi connectivity index (χ1n) is 4.09. The molecule has 0 aliphatic heterocycles. The van der Waals surface area contributed by atoms with Crippen molar-refractivity contribution in [2.24, 2.45) is 0 Å². The first kappa shape index (κ1) is 10.9. The van der Waals surface area contributed by atoms with E-state index in [1.807, 2.05) is 0 Å². The second kappa shape index (κ2) is 4.88. The minimum absolute atomic E-state index is 0.320. The topological polar surface area (TPSA) is 133 Å². The Morgan fingerprint density at radius 3 is 2.87 bits per heavy atom. The Morgan fingerprint density at radius 2 is 2.33 bits per heavy atom. The molecule has 0 spiro atoms. The molecule has 4 N–H and O–H groups in total. The molecule has 1 heterocycles. The maximum absolute atomic E-state index is 11.1. The Morgan fingerprint density at radius 1 is 1.60 bits per heavy atom. The number of urea groups is 1. The summed E-state index contributed by atoms with van der Waals surface area (Å²) in [5, 5.41) is 25.8. The molecule has 0 saturated carbocycles. The number of hydrogen-bond acceptors (Lipinski definition) is 5. The quantitative estimate of drug-likeness (QED) is 0.489. The number of carbonyl (C=O) groups is 2. The largest absolute Gasteiger partial charge is 0.480 e. The number of aliphatic carboxylic acids is 1. The molecule has 0 radical (unpaired) electrons. The van der Waals surface area contributed by atoms with Crippen molar-refractivity contribution in [2.45, 2.75) is 13.0 Å². The highest BCUT2D eigenvalue weighted by Gasteiger charge is 2.13. The van der Waals surface area contributed by atoms with Crippen LogP contribution in [0.3, 0.4) is 0 Å². The summed E-state index contributed by atoms with van der Waals surface area (Å²) in [5.74, 6) is -0.794. The zero-order chi connectivity index (χ0) is 11.3. The smallest absolute Gasteiger partial charge is 0.323 e. The van der Waals surface area contributed by atoms with Crippen molar-refractivity contribution in [3.8, 4) is 0 Å². The Labute approximate surface area is 84.2 Å². The minimum atomic E-state index is -1.11. The van der Waals surface area contributed by atoms with Gasteiger partial charge in [0.05, 0.1) is 6.04 Å². The van der Waals surface area contributed by atoms with E-state index in [0.717, 1.165) is 0 Å². The monoisotopic (exact) mass is 214 g/mol. The average molecular weight is 214 g/mol. The van der Waals surface area contributed by atoms with Crippen LogP contribution in [0.4, 0.5) is 4.79 Å². The highest BCUT2D eigenvalue weighted by Crippen LogP contribution is 2.01. The fourth-order valence-corrected chi connectivity index (χ4v) is 0.821. The molecular weight excluding hydrogens is 204 g/mol. The van der Waals surface area contributed by atoms with Crippen molar-refractivity contribution in [2.75, 3.05) is 6.54 Å². The zero-order valence-corrected chi connectivity index (χ0v) is 7.89. The van der Waals surface area contributed by atoms with Crippen LogP contribution in [-0.2, 0) is 4.79 Å². The van der Waals surface area contributed by atoms with E-state index in [4.69, 9.17) is 5.11 Å². The van der Waals surface area contributed by atoms with Crippen molar-refractivity contribution in [3.05, 3.63) is 5.82 Å². The average Bonchev–Trinajstić information content (AvgIpc) is 2.67. The third-order valence-corrected chi connectivity index (χ3v) is 1.50. The Bertz CT molecular complexity index is 337. The van der Waals surface area contributed by atoms with E-state index in [-0.39, 0.29) is 0 Å². The number of carbonyl (C=O) groups excluding carboxylic acids is 1. The van der Waals surface area contributed by atoms with E-state index in [2.05, 4.69) is 31.3 Å². The lowest BCUT2D eigenvalue weighted by atomic mass is 10.3. The van der Waals surface area contributed by atoms with E-state index >= 15 is 0 Å². The van der Waals surface area contributed by atoms with Gasteiger partial charge in [0.15, 0.2) is 5.82 Å². The Balaban J connectivity index is 2.35. The minimum Gasteiger partial charge on any atom is -0.480 e. The van der Waals surface area contributed by atoms with Crippen LogP contribution in [0.5, 0.6) is 0 Å². The summed E-state index contributed by atoms with van der Waals surface area (Å²) in [5.41, 5.74) is 0. The van der Waals surface area contributed by atoms with Crippen LogP contribution in [0.15, 0.2) is 0 Å². The number of nitrogens with one attached hydrogen (secondary N) is 3. The lowest BCUT2D eigenvalue weighted by molar-refractivity contribution is -0.135. The maximum Gasteiger partial charge on any atom is 0.323 e. The molecule has 15 heavy (non-hydrogen) atoms. The van der Waals surface area contributed by atoms with Gasteiger partial charge in [-0.2, -0.15) is 5.21 Å². The molecule has 0 aromatic carbocycles. The summed E-state index contributed by atoms with van der Waals surface area (Å²) in [6, 6.07) is -1.05. The van der Waals surface area contributed by atoms with Crippen molar-refractivity contribution >= 4 is 12.0 Å². The van der Waals surface area contributed by atoms with Gasteiger partial charge in [-0.05, 0) is 6.92 Å². The van der Waals surface area contributed by atoms with Crippen LogP contribution < -0.4 is 10.6 Å². The van der Waals surface area contributed by atoms with Gasteiger partial charge < -0.3 is 15.7 Å². The van der Waals surface area contributed by atoms with E-state index in [9.17, 15) is 9.59 Å². The number of carboxylic acids is 1. The predicted octanol–water partition coefficient (Wildman–Crippen LogP) is -1.36. The van der Waals surface area contributed by atoms with E-state index in [1.54, 1.807) is 6.92 Å². The molecule has 0 bridgehead atoms. The van der Waals surface area contributed by atoms with Crippen LogP contribution in [0.25, 0.3) is 0 Å². The van der Waals surface area contributed by atoms with Gasteiger partial charge in [0.1, 0.15) is 6.54 Å². The van der Waals surface area contributed by atoms with Gasteiger partial charge in [0.2, 0.25) is 0 Å². The zero-order valence-electron chi connectivity index (χ0n) is 7.89. The molecular formula is C6H10N6O3. The summed E-state index contributed by atoms with van der Waals surface area (Å²) >= 11 is 0. The molecule has 1 aromatic rings. The number of hydrogen-bond donors (Lipinski definition) is 4. The predicted molar refractivity (Wildman–Crippen MR) is 46.8 cm³/mol. The number of aromatic nitrogens is 4. The van der Waals surface area contributed by atoms with Crippen LogP contribution >= 0.6 is 0 Å². The summed E-state index contributed by atoms with van der Waals surface area (Å²) in [6.07, 6.45) is 0. The number of H-pyrrole nitrogens is 1. The van der Waals surface area contributed by atoms with Gasteiger partial charge in [0, 0.05) is 0 Å². The Hall–Kier alpha value is -2.19. The third-order valence-electron chi connectivity index (χ3n) is 1.50. The lowest BCUT2D eigenvalue weighted by Crippen LogP contribution is -2.39. The molecule has 1 unspecified atom stereocenters. The number of amides is 2. The summed E-state index contributed by atoms with van der Waals surface area (Å²) in [4.78, 5) is 21.2. The highest BCUT2D eigenvalue weighted by atomic mass is 16.4. The second-order valence-corrected chi connectivity index (χ2v) is 2.71. The first-order chi connectivity index (χ1) is 7.09. The van der Waals surface area contributed by atoms with Gasteiger partial charge in [0.25, 0.3) is 0 Å². The van der Waals surface area contributed by atoms with E-state index in [0.29, 0.717) is 5.82 Å². The fraction of sp³-hybridized carbons (Fsp3) is 0.500. The molecule has 9 heteroatoms. The van der Waals surface area contributed by atoms with Crippen molar-refractivity contribution < 1.29 is 14.7 Å². The molecule has 0 saturated heterocycles. The van der Waals surface area contributed by atoms with Gasteiger partial charge in [-0.25, -0.2) is 4.79 Å². The molecule has 9 nitrogen and oxygen atoms in total. The number of carboxylic acid groups (broad SMARTS) is 1. The molecule has 2 amide bonds. The highest BCUT2D eigenvalue weighted by molar-refractivity contribution is 5.79. The standard InChI is InChI=1S/C6H10N6O3/c1-3(5-9-11-12-10-5)8-6(15)7-2-4(13)14/h3H,2H2,1H3,(H,13,14)(H2,7,8,15)(H,9,10,11,12). The molecule has 1 rings (SSSR count). The molecule has 1 aromatic heterocycles. The van der Waals surface area contributed by atoms with Crippen LogP contribution in [-0.4, -0.2) is 44.3 Å². The third kappa shape index (κ3) is 3.58. The molecule has 0 aliphatic carbocycles.